The lowest BCUT2D eigenvalue weighted by Gasteiger charge is -2.33. The quantitative estimate of drug-likeness (QED) is 0.785. The second kappa shape index (κ2) is 9.35. The molecule has 1 aliphatic carbocycles. The molecule has 1 aliphatic heterocycles. The topological polar surface area (TPSA) is 49.4 Å². The van der Waals surface area contributed by atoms with Gasteiger partial charge in [-0.25, -0.2) is 4.39 Å². The number of ketones is 1. The van der Waals surface area contributed by atoms with E-state index in [1.807, 2.05) is 36.4 Å². The van der Waals surface area contributed by atoms with Gasteiger partial charge in [-0.05, 0) is 43.0 Å². The zero-order valence-electron chi connectivity index (χ0n) is 17.1. The monoisotopic (exact) mass is 406 g/mol. The van der Waals surface area contributed by atoms with Crippen molar-refractivity contribution in [3.8, 4) is 0 Å². The van der Waals surface area contributed by atoms with Gasteiger partial charge in [0.2, 0.25) is 5.91 Å². The number of piperidine rings is 1. The zero-order chi connectivity index (χ0) is 20.9. The molecule has 0 radical (unpaired) electrons. The molecular weight excluding hydrogens is 379 g/mol. The summed E-state index contributed by atoms with van der Waals surface area (Å²) >= 11 is 0. The molecule has 4 rings (SSSR count). The van der Waals surface area contributed by atoms with Crippen molar-refractivity contribution in [3.05, 3.63) is 77.1 Å². The van der Waals surface area contributed by atoms with E-state index in [9.17, 15) is 14.0 Å². The number of carbonyl (C=O) groups is 2. The van der Waals surface area contributed by atoms with Gasteiger partial charge in [-0.1, -0.05) is 48.5 Å². The van der Waals surface area contributed by atoms with Gasteiger partial charge < -0.3 is 5.32 Å². The summed E-state index contributed by atoms with van der Waals surface area (Å²) in [5.41, 5.74) is 3.36. The Morgan fingerprint density at radius 2 is 1.83 bits per heavy atom. The third kappa shape index (κ3) is 4.85. The molecule has 1 N–H and O–H groups in total. The molecule has 0 spiro atoms. The molecule has 1 fully saturated rings. The summed E-state index contributed by atoms with van der Waals surface area (Å²) in [5.74, 6) is -0.218. The summed E-state index contributed by atoms with van der Waals surface area (Å²) in [5, 5.41) is 3.11. The van der Waals surface area contributed by atoms with Crippen LogP contribution in [0, 0.1) is 5.82 Å². The first-order chi connectivity index (χ1) is 14.6. The van der Waals surface area contributed by atoms with Crippen molar-refractivity contribution >= 4 is 17.3 Å². The Hall–Kier alpha value is -2.79. The first-order valence-corrected chi connectivity index (χ1v) is 10.7. The SMILES string of the molecule is O=C(CC1=C(c2ccccc2)CCC1=O)NC1CCCN(Cc2ccccc2F)C1. The summed E-state index contributed by atoms with van der Waals surface area (Å²) < 4.78 is 14.0. The Balaban J connectivity index is 1.37. The fraction of sp³-hybridized carbons (Fsp3) is 0.360. The maximum absolute atomic E-state index is 14.0. The average Bonchev–Trinajstić information content (AvgIpc) is 3.11. The number of nitrogens with one attached hydrogen (secondary N) is 1. The molecule has 1 saturated heterocycles. The molecule has 5 heteroatoms. The molecule has 2 aromatic carbocycles. The number of carbonyl (C=O) groups excluding carboxylic acids is 2. The number of hydrogen-bond donors (Lipinski definition) is 1. The van der Waals surface area contributed by atoms with Crippen molar-refractivity contribution in [2.75, 3.05) is 13.1 Å². The Labute approximate surface area is 176 Å². The van der Waals surface area contributed by atoms with E-state index in [0.29, 0.717) is 37.1 Å². The first kappa shape index (κ1) is 20.5. The molecule has 156 valence electrons. The third-order valence-electron chi connectivity index (χ3n) is 5.98. The van der Waals surface area contributed by atoms with E-state index in [4.69, 9.17) is 0 Å². The molecule has 4 nitrogen and oxygen atoms in total. The number of allylic oxidation sites excluding steroid dienone is 1. The van der Waals surface area contributed by atoms with Gasteiger partial charge in [0.15, 0.2) is 5.78 Å². The van der Waals surface area contributed by atoms with E-state index < -0.39 is 0 Å². The summed E-state index contributed by atoms with van der Waals surface area (Å²) in [6.07, 6.45) is 3.17. The van der Waals surface area contributed by atoms with Gasteiger partial charge in [0.1, 0.15) is 5.82 Å². The number of nitrogens with zero attached hydrogens (tertiary/aromatic N) is 1. The summed E-state index contributed by atoms with van der Waals surface area (Å²) in [6.45, 7) is 2.13. The molecule has 0 saturated carbocycles. The minimum Gasteiger partial charge on any atom is -0.352 e. The van der Waals surface area contributed by atoms with Gasteiger partial charge >= 0.3 is 0 Å². The smallest absolute Gasteiger partial charge is 0.224 e. The lowest BCUT2D eigenvalue weighted by molar-refractivity contribution is -0.123. The molecule has 0 bridgehead atoms. The van der Waals surface area contributed by atoms with Crippen LogP contribution in [0.25, 0.3) is 5.57 Å². The van der Waals surface area contributed by atoms with Crippen LogP contribution in [0.15, 0.2) is 60.2 Å². The van der Waals surface area contributed by atoms with E-state index in [1.165, 1.54) is 6.07 Å². The maximum atomic E-state index is 14.0. The van der Waals surface area contributed by atoms with Crippen molar-refractivity contribution in [1.82, 2.24) is 10.2 Å². The van der Waals surface area contributed by atoms with Crippen molar-refractivity contribution in [1.29, 1.82) is 0 Å². The van der Waals surface area contributed by atoms with Crippen molar-refractivity contribution in [3.63, 3.8) is 0 Å². The van der Waals surface area contributed by atoms with Crippen LogP contribution in [-0.4, -0.2) is 35.7 Å². The molecule has 1 unspecified atom stereocenters. The number of hydrogen-bond acceptors (Lipinski definition) is 3. The van der Waals surface area contributed by atoms with E-state index >= 15 is 0 Å². The van der Waals surface area contributed by atoms with Gasteiger partial charge in [0, 0.05) is 36.7 Å². The lowest BCUT2D eigenvalue weighted by Crippen LogP contribution is -2.47. The standard InChI is InChI=1S/C25H27FN2O2/c26-23-11-5-4-9-19(23)16-28-14-6-10-20(17-28)27-25(30)15-22-21(12-13-24(22)29)18-7-2-1-3-8-18/h1-5,7-9,11,20H,6,10,12-17H2,(H,27,30). The molecule has 1 amide bonds. The number of benzene rings is 2. The first-order valence-electron chi connectivity index (χ1n) is 10.7. The van der Waals surface area contributed by atoms with Crippen LogP contribution in [0.5, 0.6) is 0 Å². The van der Waals surface area contributed by atoms with Crippen LogP contribution < -0.4 is 5.32 Å². The molecular formula is C25H27FN2O2. The predicted octanol–water partition coefficient (Wildman–Crippen LogP) is 4.11. The highest BCUT2D eigenvalue weighted by molar-refractivity contribution is 6.10. The number of halogens is 1. The van der Waals surface area contributed by atoms with E-state index in [-0.39, 0.29) is 30.0 Å². The average molecular weight is 407 g/mol. The predicted molar refractivity (Wildman–Crippen MR) is 115 cm³/mol. The molecule has 1 heterocycles. The van der Waals surface area contributed by atoms with E-state index in [2.05, 4.69) is 10.2 Å². The molecule has 0 aromatic heterocycles. The largest absolute Gasteiger partial charge is 0.352 e. The Bertz CT molecular complexity index is 955. The van der Waals surface area contributed by atoms with E-state index in [0.717, 1.165) is 30.5 Å². The third-order valence-corrected chi connectivity index (χ3v) is 5.98. The highest BCUT2D eigenvalue weighted by atomic mass is 19.1. The van der Waals surface area contributed by atoms with Crippen LogP contribution in [0.3, 0.4) is 0 Å². The minimum atomic E-state index is -0.191. The number of rotatable bonds is 6. The number of likely N-dealkylation sites (tertiary alicyclic amines) is 1. The van der Waals surface area contributed by atoms with Crippen LogP contribution in [0.2, 0.25) is 0 Å². The Morgan fingerprint density at radius 1 is 1.07 bits per heavy atom. The van der Waals surface area contributed by atoms with Gasteiger partial charge in [-0.15, -0.1) is 0 Å². The lowest BCUT2D eigenvalue weighted by atomic mass is 9.99. The van der Waals surface area contributed by atoms with E-state index in [1.54, 1.807) is 12.1 Å². The number of Topliss-reactive ketones (excluding diaryl/α,β-unsaturated/α-hetero) is 1. The van der Waals surface area contributed by atoms with Crippen molar-refractivity contribution in [2.24, 2.45) is 0 Å². The van der Waals surface area contributed by atoms with Crippen LogP contribution in [0.1, 0.15) is 43.2 Å². The molecule has 2 aromatic rings. The van der Waals surface area contributed by atoms with Crippen molar-refractivity contribution < 1.29 is 14.0 Å². The molecule has 1 atom stereocenters. The molecule has 30 heavy (non-hydrogen) atoms. The Morgan fingerprint density at radius 3 is 2.63 bits per heavy atom. The minimum absolute atomic E-state index is 0.0234. The van der Waals surface area contributed by atoms with Crippen LogP contribution in [0.4, 0.5) is 4.39 Å². The van der Waals surface area contributed by atoms with Crippen LogP contribution >= 0.6 is 0 Å². The summed E-state index contributed by atoms with van der Waals surface area (Å²) in [7, 11) is 0. The van der Waals surface area contributed by atoms with Gasteiger partial charge in [-0.3, -0.25) is 14.5 Å². The van der Waals surface area contributed by atoms with Gasteiger partial charge in [0.25, 0.3) is 0 Å². The van der Waals surface area contributed by atoms with Gasteiger partial charge in [0.05, 0.1) is 6.42 Å². The fourth-order valence-electron chi connectivity index (χ4n) is 4.50. The summed E-state index contributed by atoms with van der Waals surface area (Å²) in [4.78, 5) is 27.3. The summed E-state index contributed by atoms with van der Waals surface area (Å²) in [6, 6.07) is 16.7. The second-order valence-electron chi connectivity index (χ2n) is 8.16. The van der Waals surface area contributed by atoms with Crippen molar-refractivity contribution in [2.45, 2.75) is 44.7 Å². The second-order valence-corrected chi connectivity index (χ2v) is 8.16. The Kier molecular flexibility index (Phi) is 6.38. The normalized spacial score (nSPS) is 19.9. The number of amides is 1. The fourth-order valence-corrected chi connectivity index (χ4v) is 4.50. The van der Waals surface area contributed by atoms with Gasteiger partial charge in [-0.2, -0.15) is 0 Å². The maximum Gasteiger partial charge on any atom is 0.224 e. The molecule has 2 aliphatic rings. The highest BCUT2D eigenvalue weighted by Crippen LogP contribution is 2.33. The van der Waals surface area contributed by atoms with Crippen LogP contribution in [-0.2, 0) is 16.1 Å². The zero-order valence-corrected chi connectivity index (χ0v) is 17.1. The highest BCUT2D eigenvalue weighted by Gasteiger charge is 2.27.